The molecule has 96 valence electrons. The Morgan fingerprint density at radius 2 is 2.33 bits per heavy atom. The van der Waals surface area contributed by atoms with E-state index >= 15 is 0 Å². The number of anilines is 2. The van der Waals surface area contributed by atoms with Crippen LogP contribution in [-0.4, -0.2) is 23.6 Å². The van der Waals surface area contributed by atoms with Gasteiger partial charge in [-0.2, -0.15) is 4.98 Å². The van der Waals surface area contributed by atoms with Crippen LogP contribution in [0.2, 0.25) is 0 Å². The zero-order chi connectivity index (χ0) is 13.0. The molecule has 6 heteroatoms. The van der Waals surface area contributed by atoms with Gasteiger partial charge in [0, 0.05) is 31.9 Å². The first-order valence-electron chi connectivity index (χ1n) is 5.69. The van der Waals surface area contributed by atoms with Crippen LogP contribution in [0.4, 0.5) is 11.8 Å². The molecule has 0 aromatic carbocycles. The van der Waals surface area contributed by atoms with Gasteiger partial charge in [0.2, 0.25) is 5.95 Å². The number of hydrogen-bond donors (Lipinski definition) is 1. The molecule has 0 aliphatic rings. The van der Waals surface area contributed by atoms with E-state index in [0.29, 0.717) is 5.95 Å². The summed E-state index contributed by atoms with van der Waals surface area (Å²) in [6.45, 7) is 3.55. The lowest BCUT2D eigenvalue weighted by molar-refractivity contribution is 0.563. The minimum absolute atomic E-state index is 0.634. The molecule has 0 bridgehead atoms. The van der Waals surface area contributed by atoms with Gasteiger partial charge >= 0.3 is 0 Å². The summed E-state index contributed by atoms with van der Waals surface area (Å²) in [4.78, 5) is 10.7. The van der Waals surface area contributed by atoms with E-state index in [0.717, 1.165) is 28.9 Å². The second-order valence-corrected chi connectivity index (χ2v) is 4.74. The Kier molecular flexibility index (Phi) is 4.19. The van der Waals surface area contributed by atoms with Gasteiger partial charge < -0.3 is 14.6 Å². The third-order valence-electron chi connectivity index (χ3n) is 2.42. The van der Waals surface area contributed by atoms with Crippen LogP contribution >= 0.6 is 15.9 Å². The van der Waals surface area contributed by atoms with Gasteiger partial charge in [0.1, 0.15) is 5.82 Å². The molecule has 1 N–H and O–H groups in total. The lowest BCUT2D eigenvalue weighted by Gasteiger charge is -2.19. The van der Waals surface area contributed by atoms with Crippen molar-refractivity contribution in [3.63, 3.8) is 0 Å². The van der Waals surface area contributed by atoms with E-state index in [4.69, 9.17) is 4.42 Å². The van der Waals surface area contributed by atoms with Gasteiger partial charge in [0.05, 0.1) is 17.0 Å². The molecule has 0 saturated heterocycles. The molecular weight excluding hydrogens is 296 g/mol. The standard InChI is InChI=1S/C12H15BrN4O/c1-3-14-12-15-6-10(13)11(16-12)17(2)7-9-4-5-18-8-9/h4-6,8H,3,7H2,1-2H3,(H,14,15,16). The highest BCUT2D eigenvalue weighted by Gasteiger charge is 2.10. The quantitative estimate of drug-likeness (QED) is 0.920. The molecule has 0 unspecified atom stereocenters. The van der Waals surface area contributed by atoms with Crippen molar-refractivity contribution in [3.8, 4) is 0 Å². The van der Waals surface area contributed by atoms with E-state index in [1.165, 1.54) is 0 Å². The number of nitrogens with zero attached hydrogens (tertiary/aromatic N) is 3. The van der Waals surface area contributed by atoms with Crippen LogP contribution < -0.4 is 10.2 Å². The van der Waals surface area contributed by atoms with Gasteiger partial charge in [-0.15, -0.1) is 0 Å². The van der Waals surface area contributed by atoms with Gasteiger partial charge in [0.25, 0.3) is 0 Å². The zero-order valence-corrected chi connectivity index (χ0v) is 11.9. The maximum atomic E-state index is 5.06. The summed E-state index contributed by atoms with van der Waals surface area (Å²) in [5, 5.41) is 3.10. The van der Waals surface area contributed by atoms with Crippen molar-refractivity contribution in [2.75, 3.05) is 23.8 Å². The molecule has 2 rings (SSSR count). The minimum atomic E-state index is 0.634. The van der Waals surface area contributed by atoms with Crippen LogP contribution in [0, 0.1) is 0 Å². The van der Waals surface area contributed by atoms with Crippen molar-refractivity contribution >= 4 is 27.7 Å². The number of halogens is 1. The molecule has 0 atom stereocenters. The fourth-order valence-corrected chi connectivity index (χ4v) is 2.09. The zero-order valence-electron chi connectivity index (χ0n) is 10.4. The fourth-order valence-electron chi connectivity index (χ4n) is 1.60. The monoisotopic (exact) mass is 310 g/mol. The number of rotatable bonds is 5. The molecule has 18 heavy (non-hydrogen) atoms. The van der Waals surface area contributed by atoms with Crippen molar-refractivity contribution in [1.82, 2.24) is 9.97 Å². The summed E-state index contributed by atoms with van der Waals surface area (Å²) >= 11 is 3.47. The van der Waals surface area contributed by atoms with Crippen LogP contribution in [0.1, 0.15) is 12.5 Å². The van der Waals surface area contributed by atoms with Gasteiger partial charge in [-0.3, -0.25) is 0 Å². The van der Waals surface area contributed by atoms with Crippen LogP contribution in [0.5, 0.6) is 0 Å². The molecule has 0 fully saturated rings. The normalized spacial score (nSPS) is 10.4. The Bertz CT molecular complexity index is 501. The highest BCUT2D eigenvalue weighted by Crippen LogP contribution is 2.24. The predicted molar refractivity (Wildman–Crippen MR) is 74.7 cm³/mol. The topological polar surface area (TPSA) is 54.2 Å². The number of nitrogens with one attached hydrogen (secondary N) is 1. The molecule has 0 spiro atoms. The molecule has 2 aromatic rings. The lowest BCUT2D eigenvalue weighted by atomic mass is 10.3. The Labute approximate surface area is 114 Å². The predicted octanol–water partition coefficient (Wildman–Crippen LogP) is 2.90. The molecule has 2 aromatic heterocycles. The van der Waals surface area contributed by atoms with E-state index < -0.39 is 0 Å². The SMILES string of the molecule is CCNc1ncc(Br)c(N(C)Cc2ccoc2)n1. The Morgan fingerprint density at radius 1 is 1.50 bits per heavy atom. The lowest BCUT2D eigenvalue weighted by Crippen LogP contribution is -2.19. The summed E-state index contributed by atoms with van der Waals surface area (Å²) in [6, 6.07) is 1.94. The summed E-state index contributed by atoms with van der Waals surface area (Å²) < 4.78 is 5.93. The van der Waals surface area contributed by atoms with Gasteiger partial charge in [0.15, 0.2) is 0 Å². The third-order valence-corrected chi connectivity index (χ3v) is 2.98. The van der Waals surface area contributed by atoms with Crippen molar-refractivity contribution in [2.24, 2.45) is 0 Å². The molecule has 0 saturated carbocycles. The van der Waals surface area contributed by atoms with E-state index in [-0.39, 0.29) is 0 Å². The Balaban J connectivity index is 2.17. The summed E-state index contributed by atoms with van der Waals surface area (Å²) in [5.74, 6) is 1.48. The maximum absolute atomic E-state index is 5.06. The van der Waals surface area contributed by atoms with Crippen molar-refractivity contribution < 1.29 is 4.42 Å². The molecule has 2 heterocycles. The van der Waals surface area contributed by atoms with Crippen LogP contribution in [0.15, 0.2) is 33.7 Å². The van der Waals surface area contributed by atoms with Gasteiger partial charge in [-0.1, -0.05) is 0 Å². The molecule has 0 aliphatic carbocycles. The number of hydrogen-bond acceptors (Lipinski definition) is 5. The second-order valence-electron chi connectivity index (χ2n) is 3.88. The van der Waals surface area contributed by atoms with Gasteiger partial charge in [-0.05, 0) is 28.9 Å². The van der Waals surface area contributed by atoms with Crippen LogP contribution in [0.25, 0.3) is 0 Å². The Morgan fingerprint density at radius 3 is 3.00 bits per heavy atom. The average Bonchev–Trinajstić information content (AvgIpc) is 2.84. The summed E-state index contributed by atoms with van der Waals surface area (Å²) in [7, 11) is 1.98. The molecule has 0 radical (unpaired) electrons. The van der Waals surface area contributed by atoms with Crippen molar-refractivity contribution in [2.45, 2.75) is 13.5 Å². The third kappa shape index (κ3) is 3.01. The molecule has 0 amide bonds. The molecule has 5 nitrogen and oxygen atoms in total. The number of aromatic nitrogens is 2. The average molecular weight is 311 g/mol. The van der Waals surface area contributed by atoms with Crippen LogP contribution in [0.3, 0.4) is 0 Å². The largest absolute Gasteiger partial charge is 0.472 e. The van der Waals surface area contributed by atoms with Crippen LogP contribution in [-0.2, 0) is 6.54 Å². The van der Waals surface area contributed by atoms with E-state index in [9.17, 15) is 0 Å². The first-order valence-corrected chi connectivity index (χ1v) is 6.48. The first-order chi connectivity index (χ1) is 8.70. The summed E-state index contributed by atoms with van der Waals surface area (Å²) in [6.07, 6.45) is 5.16. The van der Waals surface area contributed by atoms with E-state index in [1.54, 1.807) is 18.7 Å². The van der Waals surface area contributed by atoms with E-state index in [1.807, 2.05) is 24.9 Å². The van der Waals surface area contributed by atoms with Crippen molar-refractivity contribution in [3.05, 3.63) is 34.8 Å². The maximum Gasteiger partial charge on any atom is 0.224 e. The van der Waals surface area contributed by atoms with Crippen molar-refractivity contribution in [1.29, 1.82) is 0 Å². The minimum Gasteiger partial charge on any atom is -0.472 e. The van der Waals surface area contributed by atoms with E-state index in [2.05, 4.69) is 31.2 Å². The fraction of sp³-hybridized carbons (Fsp3) is 0.333. The second kappa shape index (κ2) is 5.86. The molecular formula is C12H15BrN4O. The molecule has 0 aliphatic heterocycles. The highest BCUT2D eigenvalue weighted by atomic mass is 79.9. The number of furan rings is 1. The van der Waals surface area contributed by atoms with Gasteiger partial charge in [-0.25, -0.2) is 4.98 Å². The smallest absolute Gasteiger partial charge is 0.224 e. The first kappa shape index (κ1) is 12.9. The Hall–Kier alpha value is -1.56. The highest BCUT2D eigenvalue weighted by molar-refractivity contribution is 9.10. The summed E-state index contributed by atoms with van der Waals surface area (Å²) in [5.41, 5.74) is 1.10.